The van der Waals surface area contributed by atoms with Crippen molar-refractivity contribution in [1.82, 2.24) is 0 Å². The number of rotatable bonds is 4. The second-order valence-corrected chi connectivity index (χ2v) is 6.59. The first-order chi connectivity index (χ1) is 9.10. The lowest BCUT2D eigenvalue weighted by molar-refractivity contribution is 0.280. The van der Waals surface area contributed by atoms with Crippen LogP contribution in [0.25, 0.3) is 0 Å². The summed E-state index contributed by atoms with van der Waals surface area (Å²) in [5.74, 6) is 0.733. The molecule has 0 spiro atoms. The maximum absolute atomic E-state index is 9.13. The van der Waals surface area contributed by atoms with Gasteiger partial charge in [-0.05, 0) is 67.3 Å². The van der Waals surface area contributed by atoms with Crippen molar-refractivity contribution in [2.45, 2.75) is 13.2 Å². The molecule has 0 fully saturated rings. The lowest BCUT2D eigenvalue weighted by atomic mass is 10.2. The molecule has 0 aliphatic heterocycles. The van der Waals surface area contributed by atoms with Crippen LogP contribution >= 0.6 is 47.8 Å². The van der Waals surface area contributed by atoms with Gasteiger partial charge in [-0.25, -0.2) is 0 Å². The molecule has 19 heavy (non-hydrogen) atoms. The van der Waals surface area contributed by atoms with Crippen LogP contribution in [0.1, 0.15) is 11.1 Å². The number of aliphatic hydroxyl groups excluding tert-OH is 1. The Hall–Kier alpha value is -0.360. The van der Waals surface area contributed by atoms with Crippen molar-refractivity contribution in [3.05, 3.63) is 60.9 Å². The molecule has 0 bridgehead atoms. The number of halogens is 3. The number of hydrogen-bond acceptors (Lipinski definition) is 2. The van der Waals surface area contributed by atoms with Gasteiger partial charge in [0.1, 0.15) is 12.4 Å². The summed E-state index contributed by atoms with van der Waals surface area (Å²) in [5.41, 5.74) is 1.91. The van der Waals surface area contributed by atoms with Crippen LogP contribution in [0.15, 0.2) is 49.8 Å². The summed E-state index contributed by atoms with van der Waals surface area (Å²) < 4.78 is 8.48. The minimum Gasteiger partial charge on any atom is -0.487 e. The first-order valence-electron chi connectivity index (χ1n) is 5.56. The van der Waals surface area contributed by atoms with Gasteiger partial charge in [0.05, 0.1) is 15.6 Å². The van der Waals surface area contributed by atoms with Crippen molar-refractivity contribution in [2.75, 3.05) is 0 Å². The molecule has 0 aliphatic carbocycles. The van der Waals surface area contributed by atoms with Gasteiger partial charge in [-0.15, -0.1) is 0 Å². The molecule has 0 atom stereocenters. The van der Waals surface area contributed by atoms with Crippen LogP contribution in [-0.2, 0) is 13.2 Å². The fraction of sp³-hybridized carbons (Fsp3) is 0.143. The Bertz CT molecular complexity index is 562. The normalized spacial score (nSPS) is 10.5. The van der Waals surface area contributed by atoms with Crippen LogP contribution in [0.2, 0.25) is 0 Å². The Labute approximate surface area is 137 Å². The molecule has 0 aliphatic rings. The Balaban J connectivity index is 2.16. The molecule has 2 rings (SSSR count). The topological polar surface area (TPSA) is 29.5 Å². The van der Waals surface area contributed by atoms with E-state index in [0.29, 0.717) is 6.61 Å². The van der Waals surface area contributed by atoms with Gasteiger partial charge < -0.3 is 9.84 Å². The van der Waals surface area contributed by atoms with E-state index < -0.39 is 0 Å². The van der Waals surface area contributed by atoms with E-state index in [1.165, 1.54) is 0 Å². The highest BCUT2D eigenvalue weighted by Gasteiger charge is 2.09. The summed E-state index contributed by atoms with van der Waals surface area (Å²) in [5, 5.41) is 9.13. The van der Waals surface area contributed by atoms with Crippen LogP contribution in [0.4, 0.5) is 0 Å². The van der Waals surface area contributed by atoms with Gasteiger partial charge in [0, 0.05) is 4.47 Å². The maximum Gasteiger partial charge on any atom is 0.148 e. The summed E-state index contributed by atoms with van der Waals surface area (Å²) >= 11 is 10.3. The summed E-state index contributed by atoms with van der Waals surface area (Å²) in [6.07, 6.45) is 0. The third kappa shape index (κ3) is 4.05. The smallest absolute Gasteiger partial charge is 0.148 e. The SMILES string of the molecule is OCc1cc(Br)c(OCc2cccc(Br)c2)c(Br)c1. The molecule has 0 unspecified atom stereocenters. The summed E-state index contributed by atoms with van der Waals surface area (Å²) in [6, 6.07) is 11.7. The Morgan fingerprint density at radius 3 is 2.21 bits per heavy atom. The van der Waals surface area contributed by atoms with Crippen molar-refractivity contribution >= 4 is 47.8 Å². The molecule has 1 N–H and O–H groups in total. The van der Waals surface area contributed by atoms with Gasteiger partial charge in [-0.3, -0.25) is 0 Å². The second-order valence-electron chi connectivity index (χ2n) is 3.97. The van der Waals surface area contributed by atoms with Crippen LogP contribution < -0.4 is 4.74 Å². The average molecular weight is 451 g/mol. The molecule has 2 aromatic rings. The molecule has 0 radical (unpaired) electrons. The maximum atomic E-state index is 9.13. The van der Waals surface area contributed by atoms with Gasteiger partial charge in [0.2, 0.25) is 0 Å². The average Bonchev–Trinajstić information content (AvgIpc) is 2.37. The van der Waals surface area contributed by atoms with Crippen LogP contribution in [0.3, 0.4) is 0 Å². The van der Waals surface area contributed by atoms with E-state index >= 15 is 0 Å². The Morgan fingerprint density at radius 2 is 1.63 bits per heavy atom. The van der Waals surface area contributed by atoms with Gasteiger partial charge in [-0.2, -0.15) is 0 Å². The fourth-order valence-electron chi connectivity index (χ4n) is 1.62. The van der Waals surface area contributed by atoms with E-state index in [0.717, 1.165) is 30.3 Å². The molecule has 2 aromatic carbocycles. The Morgan fingerprint density at radius 1 is 0.947 bits per heavy atom. The second kappa shape index (κ2) is 6.88. The molecule has 100 valence electrons. The van der Waals surface area contributed by atoms with E-state index in [-0.39, 0.29) is 6.61 Å². The van der Waals surface area contributed by atoms with E-state index in [1.807, 2.05) is 36.4 Å². The van der Waals surface area contributed by atoms with Crippen molar-refractivity contribution in [3.8, 4) is 5.75 Å². The molecular formula is C14H11Br3O2. The van der Waals surface area contributed by atoms with Crippen LogP contribution in [-0.4, -0.2) is 5.11 Å². The molecular weight excluding hydrogens is 440 g/mol. The van der Waals surface area contributed by atoms with Gasteiger partial charge in [0.25, 0.3) is 0 Å². The van der Waals surface area contributed by atoms with Crippen molar-refractivity contribution in [1.29, 1.82) is 0 Å². The third-order valence-electron chi connectivity index (χ3n) is 2.51. The number of aliphatic hydroxyl groups is 1. The number of ether oxygens (including phenoxy) is 1. The monoisotopic (exact) mass is 448 g/mol. The minimum absolute atomic E-state index is 0.00309. The van der Waals surface area contributed by atoms with E-state index in [1.54, 1.807) is 0 Å². The third-order valence-corrected chi connectivity index (χ3v) is 4.18. The fourth-order valence-corrected chi connectivity index (χ4v) is 3.58. The van der Waals surface area contributed by atoms with E-state index in [4.69, 9.17) is 9.84 Å². The summed E-state index contributed by atoms with van der Waals surface area (Å²) in [7, 11) is 0. The van der Waals surface area contributed by atoms with Gasteiger partial charge in [0.15, 0.2) is 0 Å². The van der Waals surface area contributed by atoms with Crippen LogP contribution in [0.5, 0.6) is 5.75 Å². The zero-order valence-corrected chi connectivity index (χ0v) is 14.6. The predicted octanol–water partition coefficient (Wildman–Crippen LogP) is 5.05. The minimum atomic E-state index is 0.00309. The van der Waals surface area contributed by atoms with Crippen molar-refractivity contribution < 1.29 is 9.84 Å². The van der Waals surface area contributed by atoms with E-state index in [9.17, 15) is 0 Å². The first kappa shape index (κ1) is 15.0. The molecule has 0 aromatic heterocycles. The lowest BCUT2D eigenvalue weighted by Gasteiger charge is -2.12. The number of hydrogen-bond donors (Lipinski definition) is 1. The molecule has 0 amide bonds. The molecule has 2 nitrogen and oxygen atoms in total. The van der Waals surface area contributed by atoms with Crippen molar-refractivity contribution in [3.63, 3.8) is 0 Å². The lowest BCUT2D eigenvalue weighted by Crippen LogP contribution is -1.98. The summed E-state index contributed by atoms with van der Waals surface area (Å²) in [4.78, 5) is 0. The quantitative estimate of drug-likeness (QED) is 0.706. The summed E-state index contributed by atoms with van der Waals surface area (Å²) in [6.45, 7) is 0.484. The zero-order valence-electron chi connectivity index (χ0n) is 9.87. The number of benzene rings is 2. The molecule has 0 saturated carbocycles. The van der Waals surface area contributed by atoms with Crippen molar-refractivity contribution in [2.24, 2.45) is 0 Å². The van der Waals surface area contributed by atoms with Crippen LogP contribution in [0, 0.1) is 0 Å². The highest BCUT2D eigenvalue weighted by atomic mass is 79.9. The first-order valence-corrected chi connectivity index (χ1v) is 7.94. The van der Waals surface area contributed by atoms with Gasteiger partial charge in [-0.1, -0.05) is 28.1 Å². The molecule has 0 heterocycles. The standard InChI is InChI=1S/C14H11Br3O2/c15-11-3-1-2-9(4-11)8-19-14-12(16)5-10(7-18)6-13(14)17/h1-6,18H,7-8H2. The zero-order chi connectivity index (χ0) is 13.8. The highest BCUT2D eigenvalue weighted by molar-refractivity contribution is 9.11. The largest absolute Gasteiger partial charge is 0.487 e. The Kier molecular flexibility index (Phi) is 5.45. The molecule has 5 heteroatoms. The molecule has 0 saturated heterocycles. The predicted molar refractivity (Wildman–Crippen MR) is 86.2 cm³/mol. The highest BCUT2D eigenvalue weighted by Crippen LogP contribution is 2.35. The van der Waals surface area contributed by atoms with Gasteiger partial charge >= 0.3 is 0 Å². The van der Waals surface area contributed by atoms with E-state index in [2.05, 4.69) is 47.8 Å².